The maximum Gasteiger partial charge on any atom is 0.315 e. The molecular weight excluding hydrogens is 369 g/mol. The molecule has 0 bridgehead atoms. The summed E-state index contributed by atoms with van der Waals surface area (Å²) in [6.45, 7) is 0.524. The quantitative estimate of drug-likeness (QED) is 0.553. The van der Waals surface area contributed by atoms with Crippen molar-refractivity contribution in [3.63, 3.8) is 0 Å². The molecule has 1 atom stereocenters. The van der Waals surface area contributed by atoms with Crippen LogP contribution in [0.2, 0.25) is 0 Å². The van der Waals surface area contributed by atoms with Gasteiger partial charge in [0, 0.05) is 24.8 Å². The summed E-state index contributed by atoms with van der Waals surface area (Å²) in [7, 11) is 0. The summed E-state index contributed by atoms with van der Waals surface area (Å²) in [5.41, 5.74) is 5.90. The summed E-state index contributed by atoms with van der Waals surface area (Å²) in [6, 6.07) is 2.72. The molecule has 28 heavy (non-hydrogen) atoms. The van der Waals surface area contributed by atoms with Gasteiger partial charge in [-0.3, -0.25) is 9.59 Å². The van der Waals surface area contributed by atoms with E-state index in [1.54, 1.807) is 0 Å². The summed E-state index contributed by atoms with van der Waals surface area (Å²) in [5, 5.41) is 7.67. The van der Waals surface area contributed by atoms with Crippen LogP contribution in [-0.2, 0) is 14.3 Å². The fraction of sp³-hybridized carbons (Fsp3) is 0.500. The van der Waals surface area contributed by atoms with E-state index in [1.165, 1.54) is 23.1 Å². The lowest BCUT2D eigenvalue weighted by atomic mass is 9.93. The predicted molar refractivity (Wildman–Crippen MR) is 100 cm³/mol. The lowest BCUT2D eigenvalue weighted by molar-refractivity contribution is -0.125. The zero-order chi connectivity index (χ0) is 20.1. The van der Waals surface area contributed by atoms with Crippen LogP contribution in [0.15, 0.2) is 18.2 Å². The first-order valence-corrected chi connectivity index (χ1v) is 9.23. The molecule has 9 nitrogen and oxygen atoms in total. The van der Waals surface area contributed by atoms with E-state index >= 15 is 0 Å². The Labute approximate surface area is 161 Å². The highest BCUT2D eigenvalue weighted by Crippen LogP contribution is 2.23. The van der Waals surface area contributed by atoms with Crippen molar-refractivity contribution in [2.75, 3.05) is 36.5 Å². The van der Waals surface area contributed by atoms with Gasteiger partial charge in [0.2, 0.25) is 5.91 Å². The number of carbonyl (C=O) groups excluding carboxylic acids is 3. The minimum absolute atomic E-state index is 0.0487. The molecule has 0 spiro atoms. The fourth-order valence-corrected chi connectivity index (χ4v) is 2.95. The average Bonchev–Trinajstić information content (AvgIpc) is 2.64. The number of anilines is 2. The highest BCUT2D eigenvalue weighted by atomic mass is 19.1. The van der Waals surface area contributed by atoms with Crippen LogP contribution in [0.3, 0.4) is 0 Å². The molecule has 1 heterocycles. The van der Waals surface area contributed by atoms with Gasteiger partial charge in [-0.1, -0.05) is 0 Å². The molecule has 0 radical (unpaired) electrons. The number of hydrogen-bond donors (Lipinski definition) is 4. The van der Waals surface area contributed by atoms with Crippen LogP contribution in [0.25, 0.3) is 0 Å². The van der Waals surface area contributed by atoms with Crippen molar-refractivity contribution in [1.82, 2.24) is 10.6 Å². The molecule has 5 N–H and O–H groups in total. The summed E-state index contributed by atoms with van der Waals surface area (Å²) in [5.74, 6) is -1.58. The Morgan fingerprint density at radius 2 is 2.14 bits per heavy atom. The molecule has 10 heteroatoms. The smallest absolute Gasteiger partial charge is 0.315 e. The van der Waals surface area contributed by atoms with Gasteiger partial charge in [0.05, 0.1) is 12.3 Å². The number of hydrogen-bond acceptors (Lipinski definition) is 5. The molecule has 4 amide bonds. The SMILES string of the molecule is NC[C@@H](NC(=O)NC1CCC1)C(=O)Nc1ccc(N2CCOCC2=O)cc1F. The first-order chi connectivity index (χ1) is 13.5. The van der Waals surface area contributed by atoms with Gasteiger partial charge in [0.25, 0.3) is 5.91 Å². The molecule has 1 aromatic carbocycles. The van der Waals surface area contributed by atoms with Crippen molar-refractivity contribution >= 4 is 29.2 Å². The van der Waals surface area contributed by atoms with Crippen molar-refractivity contribution in [3.8, 4) is 0 Å². The molecule has 1 aliphatic heterocycles. The number of urea groups is 1. The lowest BCUT2D eigenvalue weighted by Crippen LogP contribution is -2.54. The Morgan fingerprint density at radius 3 is 2.75 bits per heavy atom. The van der Waals surface area contributed by atoms with Gasteiger partial charge in [-0.05, 0) is 37.5 Å². The summed E-state index contributed by atoms with van der Waals surface area (Å²) in [4.78, 5) is 37.5. The minimum atomic E-state index is -1.00. The highest BCUT2D eigenvalue weighted by molar-refractivity contribution is 5.98. The second-order valence-corrected chi connectivity index (χ2v) is 6.79. The van der Waals surface area contributed by atoms with Crippen molar-refractivity contribution < 1.29 is 23.5 Å². The van der Waals surface area contributed by atoms with Gasteiger partial charge < -0.3 is 31.3 Å². The standard InChI is InChI=1S/C18H24FN5O4/c19-13-8-12(24-6-7-28-10-16(24)25)4-5-14(13)22-17(26)15(9-20)23-18(27)21-11-2-1-3-11/h4-5,8,11,15H,1-3,6-7,9-10,20H2,(H,22,26)(H2,21,23,27)/t15-/m1/s1. The van der Waals surface area contributed by atoms with Gasteiger partial charge in [0.1, 0.15) is 18.5 Å². The van der Waals surface area contributed by atoms with Gasteiger partial charge in [-0.2, -0.15) is 0 Å². The molecule has 1 aromatic rings. The predicted octanol–water partition coefficient (Wildman–Crippen LogP) is 0.306. The Hall–Kier alpha value is -2.72. The maximum atomic E-state index is 14.4. The summed E-state index contributed by atoms with van der Waals surface area (Å²) < 4.78 is 19.5. The third kappa shape index (κ3) is 4.76. The first-order valence-electron chi connectivity index (χ1n) is 9.23. The van der Waals surface area contributed by atoms with Crippen LogP contribution >= 0.6 is 0 Å². The maximum absolute atomic E-state index is 14.4. The number of halogens is 1. The second kappa shape index (κ2) is 8.98. The molecular formula is C18H24FN5O4. The fourth-order valence-electron chi connectivity index (χ4n) is 2.95. The number of nitrogens with zero attached hydrogens (tertiary/aromatic N) is 1. The number of nitrogens with one attached hydrogen (secondary N) is 3. The minimum Gasteiger partial charge on any atom is -0.370 e. The van der Waals surface area contributed by atoms with Crippen LogP contribution in [0.4, 0.5) is 20.6 Å². The van der Waals surface area contributed by atoms with Crippen LogP contribution in [-0.4, -0.2) is 56.2 Å². The normalized spacial score (nSPS) is 18.2. The molecule has 1 saturated heterocycles. The van der Waals surface area contributed by atoms with Crippen LogP contribution in [0.1, 0.15) is 19.3 Å². The molecule has 2 fully saturated rings. The van der Waals surface area contributed by atoms with Crippen LogP contribution in [0, 0.1) is 5.82 Å². The van der Waals surface area contributed by atoms with Gasteiger partial charge >= 0.3 is 6.03 Å². The zero-order valence-corrected chi connectivity index (χ0v) is 15.4. The Balaban J connectivity index is 1.60. The summed E-state index contributed by atoms with van der Waals surface area (Å²) >= 11 is 0. The Kier molecular flexibility index (Phi) is 6.42. The molecule has 2 aliphatic rings. The highest BCUT2D eigenvalue weighted by Gasteiger charge is 2.25. The van der Waals surface area contributed by atoms with E-state index in [9.17, 15) is 18.8 Å². The monoisotopic (exact) mass is 393 g/mol. The van der Waals surface area contributed by atoms with Gasteiger partial charge in [-0.25, -0.2) is 9.18 Å². The van der Waals surface area contributed by atoms with E-state index in [1.807, 2.05) is 0 Å². The third-order valence-corrected chi connectivity index (χ3v) is 4.81. The number of amides is 4. The van der Waals surface area contributed by atoms with Crippen molar-refractivity contribution in [2.45, 2.75) is 31.3 Å². The van der Waals surface area contributed by atoms with E-state index in [0.29, 0.717) is 18.8 Å². The third-order valence-electron chi connectivity index (χ3n) is 4.81. The van der Waals surface area contributed by atoms with Crippen molar-refractivity contribution in [1.29, 1.82) is 0 Å². The van der Waals surface area contributed by atoms with Gasteiger partial charge in [0.15, 0.2) is 0 Å². The number of carbonyl (C=O) groups is 3. The zero-order valence-electron chi connectivity index (χ0n) is 15.4. The molecule has 152 valence electrons. The van der Waals surface area contributed by atoms with Gasteiger partial charge in [-0.15, -0.1) is 0 Å². The largest absolute Gasteiger partial charge is 0.370 e. The number of ether oxygens (including phenoxy) is 1. The second-order valence-electron chi connectivity index (χ2n) is 6.79. The number of rotatable bonds is 6. The van der Waals surface area contributed by atoms with Crippen LogP contribution in [0.5, 0.6) is 0 Å². The summed E-state index contributed by atoms with van der Waals surface area (Å²) in [6.07, 6.45) is 2.89. The lowest BCUT2D eigenvalue weighted by Gasteiger charge is -2.28. The molecule has 1 aliphatic carbocycles. The number of benzene rings is 1. The molecule has 3 rings (SSSR count). The number of morpholine rings is 1. The van der Waals surface area contributed by atoms with Crippen molar-refractivity contribution in [2.24, 2.45) is 5.73 Å². The topological polar surface area (TPSA) is 126 Å². The van der Waals surface area contributed by atoms with E-state index in [0.717, 1.165) is 19.3 Å². The Bertz CT molecular complexity index is 755. The molecule has 1 saturated carbocycles. The average molecular weight is 393 g/mol. The van der Waals surface area contributed by atoms with E-state index in [2.05, 4.69) is 16.0 Å². The molecule has 0 unspecified atom stereocenters. The first kappa shape index (κ1) is 20.0. The van der Waals surface area contributed by atoms with E-state index in [-0.39, 0.29) is 30.8 Å². The van der Waals surface area contributed by atoms with Crippen LogP contribution < -0.4 is 26.6 Å². The Morgan fingerprint density at radius 1 is 1.36 bits per heavy atom. The number of nitrogens with two attached hydrogens (primary N) is 1. The van der Waals surface area contributed by atoms with E-state index in [4.69, 9.17) is 10.5 Å². The van der Waals surface area contributed by atoms with E-state index < -0.39 is 23.8 Å². The van der Waals surface area contributed by atoms with Crippen molar-refractivity contribution in [3.05, 3.63) is 24.0 Å². The molecule has 0 aromatic heterocycles.